The summed E-state index contributed by atoms with van der Waals surface area (Å²) in [5, 5.41) is 19.6. The molecule has 0 radical (unpaired) electrons. The molecule has 0 fully saturated rings. The Labute approximate surface area is 112 Å². The van der Waals surface area contributed by atoms with Crippen LogP contribution in [0.5, 0.6) is 5.75 Å². The van der Waals surface area contributed by atoms with Gasteiger partial charge in [-0.05, 0) is 17.7 Å². The standard InChI is InChI=1S/C12H11NO3S2/c14-10-3-1-8(2-4-10)6-17-12-13-9(7-18-12)5-11(15)16/h1-4,7,14H,5-6H2,(H,15,16). The number of benzene rings is 1. The quantitative estimate of drug-likeness (QED) is 0.825. The third kappa shape index (κ3) is 3.75. The van der Waals surface area contributed by atoms with E-state index in [0.29, 0.717) is 5.69 Å². The normalized spacial score (nSPS) is 10.4. The number of thiazole rings is 1. The van der Waals surface area contributed by atoms with Crippen LogP contribution in [0, 0.1) is 0 Å². The first-order valence-electron chi connectivity index (χ1n) is 5.20. The number of aromatic nitrogens is 1. The predicted octanol–water partition coefficient (Wildman–Crippen LogP) is 2.77. The van der Waals surface area contributed by atoms with Crippen LogP contribution in [-0.2, 0) is 17.0 Å². The topological polar surface area (TPSA) is 70.4 Å². The number of thioether (sulfide) groups is 1. The highest BCUT2D eigenvalue weighted by molar-refractivity contribution is 8.00. The van der Waals surface area contributed by atoms with E-state index in [1.54, 1.807) is 29.3 Å². The van der Waals surface area contributed by atoms with Gasteiger partial charge in [-0.15, -0.1) is 11.3 Å². The summed E-state index contributed by atoms with van der Waals surface area (Å²) in [5.41, 5.74) is 1.69. The second-order valence-electron chi connectivity index (χ2n) is 3.63. The Bertz CT molecular complexity index is 537. The zero-order chi connectivity index (χ0) is 13.0. The number of aliphatic carboxylic acids is 1. The molecule has 4 nitrogen and oxygen atoms in total. The van der Waals surface area contributed by atoms with Crippen LogP contribution in [0.2, 0.25) is 0 Å². The number of hydrogen-bond donors (Lipinski definition) is 2. The minimum absolute atomic E-state index is 0.0315. The molecular formula is C12H11NO3S2. The molecule has 94 valence electrons. The van der Waals surface area contributed by atoms with Crippen LogP contribution in [0.3, 0.4) is 0 Å². The van der Waals surface area contributed by atoms with Crippen molar-refractivity contribution in [1.29, 1.82) is 0 Å². The van der Waals surface area contributed by atoms with Gasteiger partial charge in [0, 0.05) is 11.1 Å². The number of aromatic hydroxyl groups is 1. The minimum atomic E-state index is -0.865. The molecule has 0 saturated heterocycles. The lowest BCUT2D eigenvalue weighted by Crippen LogP contribution is -1.99. The Hall–Kier alpha value is -1.53. The van der Waals surface area contributed by atoms with Crippen LogP contribution in [0.4, 0.5) is 0 Å². The lowest BCUT2D eigenvalue weighted by atomic mass is 10.2. The summed E-state index contributed by atoms with van der Waals surface area (Å²) in [5.74, 6) is 0.137. The van der Waals surface area contributed by atoms with Gasteiger partial charge in [-0.3, -0.25) is 4.79 Å². The van der Waals surface area contributed by atoms with E-state index in [-0.39, 0.29) is 12.2 Å². The van der Waals surface area contributed by atoms with E-state index in [1.807, 2.05) is 12.1 Å². The zero-order valence-corrected chi connectivity index (χ0v) is 11.0. The zero-order valence-electron chi connectivity index (χ0n) is 9.37. The lowest BCUT2D eigenvalue weighted by Gasteiger charge is -1.99. The molecule has 2 aromatic rings. The molecule has 1 aromatic carbocycles. The average molecular weight is 281 g/mol. The minimum Gasteiger partial charge on any atom is -0.508 e. The Balaban J connectivity index is 1.92. The molecule has 1 aromatic heterocycles. The molecule has 0 aliphatic rings. The maximum atomic E-state index is 10.5. The largest absolute Gasteiger partial charge is 0.508 e. The SMILES string of the molecule is O=C(O)Cc1csc(SCc2ccc(O)cc2)n1. The van der Waals surface area contributed by atoms with Gasteiger partial charge in [0.2, 0.25) is 0 Å². The van der Waals surface area contributed by atoms with Crippen LogP contribution >= 0.6 is 23.1 Å². The smallest absolute Gasteiger partial charge is 0.309 e. The van der Waals surface area contributed by atoms with Gasteiger partial charge < -0.3 is 10.2 Å². The highest BCUT2D eigenvalue weighted by atomic mass is 32.2. The molecule has 1 heterocycles. The first kappa shape index (κ1) is 12.9. The van der Waals surface area contributed by atoms with E-state index in [0.717, 1.165) is 15.7 Å². The number of carbonyl (C=O) groups is 1. The van der Waals surface area contributed by atoms with E-state index in [4.69, 9.17) is 10.2 Å². The first-order valence-corrected chi connectivity index (χ1v) is 7.07. The van der Waals surface area contributed by atoms with Gasteiger partial charge in [0.05, 0.1) is 12.1 Å². The van der Waals surface area contributed by atoms with E-state index >= 15 is 0 Å². The fourth-order valence-corrected chi connectivity index (χ4v) is 3.13. The molecule has 0 unspecified atom stereocenters. The van der Waals surface area contributed by atoms with Crippen molar-refractivity contribution in [3.8, 4) is 5.75 Å². The maximum absolute atomic E-state index is 10.5. The summed E-state index contributed by atoms with van der Waals surface area (Å²) in [6, 6.07) is 7.00. The number of rotatable bonds is 5. The van der Waals surface area contributed by atoms with Crippen molar-refractivity contribution in [3.05, 3.63) is 40.9 Å². The van der Waals surface area contributed by atoms with E-state index in [1.165, 1.54) is 11.3 Å². The molecule has 2 N–H and O–H groups in total. The molecule has 0 atom stereocenters. The predicted molar refractivity (Wildman–Crippen MR) is 71.1 cm³/mol. The van der Waals surface area contributed by atoms with Crippen molar-refractivity contribution in [2.24, 2.45) is 0 Å². The molecule has 0 amide bonds. The highest BCUT2D eigenvalue weighted by Gasteiger charge is 2.06. The second-order valence-corrected chi connectivity index (χ2v) is 5.71. The summed E-state index contributed by atoms with van der Waals surface area (Å²) in [6.07, 6.45) is -0.0315. The molecule has 2 rings (SSSR count). The fourth-order valence-electron chi connectivity index (χ4n) is 1.33. The van der Waals surface area contributed by atoms with Crippen LogP contribution in [0.1, 0.15) is 11.3 Å². The Morgan fingerprint density at radius 1 is 1.33 bits per heavy atom. The molecule has 0 aliphatic heterocycles. The molecule has 0 spiro atoms. The van der Waals surface area contributed by atoms with Gasteiger partial charge in [0.25, 0.3) is 0 Å². The van der Waals surface area contributed by atoms with Gasteiger partial charge in [-0.2, -0.15) is 0 Å². The molecular weight excluding hydrogens is 270 g/mol. The Morgan fingerprint density at radius 2 is 2.06 bits per heavy atom. The van der Waals surface area contributed by atoms with Crippen molar-refractivity contribution in [1.82, 2.24) is 4.98 Å². The van der Waals surface area contributed by atoms with E-state index in [9.17, 15) is 4.79 Å². The second kappa shape index (κ2) is 5.88. The van der Waals surface area contributed by atoms with Crippen molar-refractivity contribution in [2.75, 3.05) is 0 Å². The number of phenolic OH excluding ortho intramolecular Hbond substituents is 1. The van der Waals surface area contributed by atoms with Crippen LogP contribution in [0.15, 0.2) is 34.0 Å². The summed E-state index contributed by atoms with van der Waals surface area (Å²) < 4.78 is 0.860. The summed E-state index contributed by atoms with van der Waals surface area (Å²) in [6.45, 7) is 0. The van der Waals surface area contributed by atoms with Crippen LogP contribution in [0.25, 0.3) is 0 Å². The third-order valence-electron chi connectivity index (χ3n) is 2.16. The third-order valence-corrected chi connectivity index (χ3v) is 4.30. The van der Waals surface area contributed by atoms with Gasteiger partial charge in [-0.25, -0.2) is 4.98 Å². The monoisotopic (exact) mass is 281 g/mol. The molecule has 0 saturated carbocycles. The molecule has 6 heteroatoms. The van der Waals surface area contributed by atoms with Crippen LogP contribution < -0.4 is 0 Å². The fraction of sp³-hybridized carbons (Fsp3) is 0.167. The Morgan fingerprint density at radius 3 is 2.72 bits per heavy atom. The van der Waals surface area contributed by atoms with Gasteiger partial charge in [0.1, 0.15) is 10.1 Å². The number of phenols is 1. The highest BCUT2D eigenvalue weighted by Crippen LogP contribution is 2.26. The van der Waals surface area contributed by atoms with Gasteiger partial charge in [-0.1, -0.05) is 23.9 Å². The van der Waals surface area contributed by atoms with Crippen LogP contribution in [-0.4, -0.2) is 21.2 Å². The molecule has 0 bridgehead atoms. The number of carboxylic acids is 1. The van der Waals surface area contributed by atoms with Crippen molar-refractivity contribution < 1.29 is 15.0 Å². The number of hydrogen-bond acceptors (Lipinski definition) is 5. The maximum Gasteiger partial charge on any atom is 0.309 e. The summed E-state index contributed by atoms with van der Waals surface area (Å²) in [4.78, 5) is 14.8. The lowest BCUT2D eigenvalue weighted by molar-refractivity contribution is -0.136. The summed E-state index contributed by atoms with van der Waals surface area (Å²) in [7, 11) is 0. The number of nitrogens with zero attached hydrogens (tertiary/aromatic N) is 1. The summed E-state index contributed by atoms with van der Waals surface area (Å²) >= 11 is 3.01. The molecule has 18 heavy (non-hydrogen) atoms. The number of carboxylic acid groups (broad SMARTS) is 1. The first-order chi connectivity index (χ1) is 8.63. The van der Waals surface area contributed by atoms with Gasteiger partial charge in [0.15, 0.2) is 0 Å². The van der Waals surface area contributed by atoms with Crippen molar-refractivity contribution in [2.45, 2.75) is 16.5 Å². The molecule has 0 aliphatic carbocycles. The Kier molecular flexibility index (Phi) is 4.22. The average Bonchev–Trinajstić information content (AvgIpc) is 2.75. The van der Waals surface area contributed by atoms with Gasteiger partial charge >= 0.3 is 5.97 Å². The van der Waals surface area contributed by atoms with Crippen molar-refractivity contribution >= 4 is 29.1 Å². The van der Waals surface area contributed by atoms with E-state index < -0.39 is 5.97 Å². The van der Waals surface area contributed by atoms with Crippen molar-refractivity contribution in [3.63, 3.8) is 0 Å². The van der Waals surface area contributed by atoms with E-state index in [2.05, 4.69) is 4.98 Å².